The molecule has 0 aliphatic carbocycles. The first kappa shape index (κ1) is 26.1. The van der Waals surface area contributed by atoms with Crippen molar-refractivity contribution in [2.75, 3.05) is 0 Å². The van der Waals surface area contributed by atoms with E-state index in [0.717, 1.165) is 11.1 Å². The second-order valence-corrected chi connectivity index (χ2v) is 8.70. The number of hydrogen-bond acceptors (Lipinski definition) is 4. The Morgan fingerprint density at radius 3 is 2.03 bits per heavy atom. The Labute approximate surface area is 213 Å². The first-order valence-corrected chi connectivity index (χ1v) is 11.6. The second-order valence-electron chi connectivity index (χ2n) is 7.85. The lowest BCUT2D eigenvalue weighted by molar-refractivity contribution is -0.128. The van der Waals surface area contributed by atoms with Crippen molar-refractivity contribution in [3.8, 4) is 0 Å². The number of ether oxygens (including phenoxy) is 1. The Morgan fingerprint density at radius 2 is 1.43 bits per heavy atom. The van der Waals surface area contributed by atoms with E-state index in [2.05, 4.69) is 10.6 Å². The van der Waals surface area contributed by atoms with Gasteiger partial charge in [0.1, 0.15) is 18.7 Å². The van der Waals surface area contributed by atoms with Gasteiger partial charge in [-0.15, -0.1) is 0 Å². The highest BCUT2D eigenvalue weighted by atomic mass is 35.5. The van der Waals surface area contributed by atoms with Gasteiger partial charge < -0.3 is 21.1 Å². The van der Waals surface area contributed by atoms with Crippen molar-refractivity contribution in [2.24, 2.45) is 5.73 Å². The minimum atomic E-state index is -1.05. The Morgan fingerprint density at radius 1 is 0.800 bits per heavy atom. The van der Waals surface area contributed by atoms with Crippen molar-refractivity contribution < 1.29 is 19.1 Å². The van der Waals surface area contributed by atoms with Gasteiger partial charge in [0.2, 0.25) is 11.8 Å². The summed E-state index contributed by atoms with van der Waals surface area (Å²) in [5, 5.41) is 6.02. The molecule has 9 heteroatoms. The fraction of sp³-hybridized carbons (Fsp3) is 0.192. The lowest BCUT2D eigenvalue weighted by Crippen LogP contribution is -2.54. The largest absolute Gasteiger partial charge is 0.445 e. The minimum Gasteiger partial charge on any atom is -0.445 e. The number of rotatable bonds is 10. The Kier molecular flexibility index (Phi) is 9.52. The van der Waals surface area contributed by atoms with Crippen LogP contribution in [0, 0.1) is 0 Å². The summed E-state index contributed by atoms with van der Waals surface area (Å²) in [6.45, 7) is 0.0470. The summed E-state index contributed by atoms with van der Waals surface area (Å²) in [5.41, 5.74) is 7.75. The van der Waals surface area contributed by atoms with Crippen LogP contribution < -0.4 is 16.4 Å². The van der Waals surface area contributed by atoms with Crippen LogP contribution in [0.25, 0.3) is 0 Å². The molecule has 182 valence electrons. The number of amides is 3. The molecule has 0 aliphatic rings. The maximum atomic E-state index is 13.2. The number of benzene rings is 3. The van der Waals surface area contributed by atoms with Gasteiger partial charge in [0.25, 0.3) is 0 Å². The van der Waals surface area contributed by atoms with Crippen molar-refractivity contribution in [3.05, 3.63) is 106 Å². The van der Waals surface area contributed by atoms with E-state index in [1.807, 2.05) is 60.7 Å². The Bertz CT molecular complexity index is 1160. The van der Waals surface area contributed by atoms with Crippen LogP contribution >= 0.6 is 23.2 Å². The number of alkyl carbamates (subject to hydrolysis) is 1. The molecule has 3 rings (SSSR count). The van der Waals surface area contributed by atoms with Crippen LogP contribution in [0.1, 0.15) is 16.7 Å². The number of nitrogens with two attached hydrogens (primary N) is 1. The van der Waals surface area contributed by atoms with Crippen molar-refractivity contribution in [1.82, 2.24) is 10.6 Å². The van der Waals surface area contributed by atoms with Gasteiger partial charge in [0, 0.05) is 22.9 Å². The van der Waals surface area contributed by atoms with Gasteiger partial charge in [-0.2, -0.15) is 0 Å². The number of carbonyl (C=O) groups is 3. The number of carbonyl (C=O) groups excluding carboxylic acids is 3. The molecule has 35 heavy (non-hydrogen) atoms. The quantitative estimate of drug-likeness (QED) is 0.379. The summed E-state index contributed by atoms with van der Waals surface area (Å²) in [4.78, 5) is 37.7. The molecule has 0 bridgehead atoms. The lowest BCUT2D eigenvalue weighted by Gasteiger charge is -2.22. The van der Waals surface area contributed by atoms with Gasteiger partial charge in [-0.3, -0.25) is 9.59 Å². The van der Waals surface area contributed by atoms with E-state index in [1.165, 1.54) is 0 Å². The van der Waals surface area contributed by atoms with Crippen molar-refractivity contribution >= 4 is 41.1 Å². The maximum Gasteiger partial charge on any atom is 0.408 e. The van der Waals surface area contributed by atoms with E-state index in [4.69, 9.17) is 33.7 Å². The predicted molar refractivity (Wildman–Crippen MR) is 135 cm³/mol. The summed E-state index contributed by atoms with van der Waals surface area (Å²) in [6.07, 6.45) is -0.519. The first-order chi connectivity index (χ1) is 16.8. The summed E-state index contributed by atoms with van der Waals surface area (Å²) >= 11 is 12.2. The molecular formula is C26H25Cl2N3O4. The Hall–Kier alpha value is -3.55. The molecule has 0 saturated carbocycles. The minimum absolute atomic E-state index is 0.0470. The van der Waals surface area contributed by atoms with Crippen LogP contribution in [-0.2, 0) is 33.8 Å². The van der Waals surface area contributed by atoms with Crippen molar-refractivity contribution in [2.45, 2.75) is 31.5 Å². The van der Waals surface area contributed by atoms with E-state index in [9.17, 15) is 14.4 Å². The summed E-state index contributed by atoms with van der Waals surface area (Å²) in [5.74, 6) is -1.33. The maximum absolute atomic E-state index is 13.2. The summed E-state index contributed by atoms with van der Waals surface area (Å²) < 4.78 is 5.27. The van der Waals surface area contributed by atoms with Crippen LogP contribution in [-0.4, -0.2) is 30.0 Å². The first-order valence-electron chi connectivity index (χ1n) is 10.9. The van der Waals surface area contributed by atoms with E-state index in [1.54, 1.807) is 18.2 Å². The van der Waals surface area contributed by atoms with E-state index < -0.39 is 30.0 Å². The van der Waals surface area contributed by atoms with Gasteiger partial charge >= 0.3 is 6.09 Å². The molecule has 0 radical (unpaired) electrons. The fourth-order valence-electron chi connectivity index (χ4n) is 3.37. The molecule has 2 atom stereocenters. The predicted octanol–water partition coefficient (Wildman–Crippen LogP) is 4.04. The van der Waals surface area contributed by atoms with Crippen LogP contribution in [0.15, 0.2) is 78.9 Å². The topological polar surface area (TPSA) is 111 Å². The van der Waals surface area contributed by atoms with Gasteiger partial charge in [-0.05, 0) is 28.8 Å². The molecule has 0 unspecified atom stereocenters. The van der Waals surface area contributed by atoms with Crippen LogP contribution in [0.2, 0.25) is 10.0 Å². The van der Waals surface area contributed by atoms with E-state index in [0.29, 0.717) is 15.6 Å². The van der Waals surface area contributed by atoms with Crippen LogP contribution in [0.4, 0.5) is 4.79 Å². The normalized spacial score (nSPS) is 12.3. The highest BCUT2D eigenvalue weighted by molar-refractivity contribution is 6.35. The summed E-state index contributed by atoms with van der Waals surface area (Å²) in [7, 11) is 0. The van der Waals surface area contributed by atoms with Gasteiger partial charge in [0.15, 0.2) is 0 Å². The summed E-state index contributed by atoms with van der Waals surface area (Å²) in [6, 6.07) is 21.1. The standard InChI is InChI=1S/C26H25Cl2N3O4/c27-20-12-11-19(21(28)15-20)14-22(24(29)32)30-25(33)23(13-17-7-3-1-4-8-17)31-26(34)35-16-18-9-5-2-6-10-18/h1-12,15,22-23H,13-14,16H2,(H2,29,32)(H,30,33)(H,31,34)/t22-,23+/m0/s1. The number of hydrogen-bond donors (Lipinski definition) is 3. The van der Waals surface area contributed by atoms with E-state index >= 15 is 0 Å². The highest BCUT2D eigenvalue weighted by Crippen LogP contribution is 2.22. The average Bonchev–Trinajstić information content (AvgIpc) is 2.84. The van der Waals surface area contributed by atoms with Crippen LogP contribution in [0.3, 0.4) is 0 Å². The average molecular weight is 514 g/mol. The monoisotopic (exact) mass is 513 g/mol. The van der Waals surface area contributed by atoms with Gasteiger partial charge in [0.05, 0.1) is 0 Å². The lowest BCUT2D eigenvalue weighted by atomic mass is 10.0. The smallest absolute Gasteiger partial charge is 0.408 e. The third-order valence-electron chi connectivity index (χ3n) is 5.20. The van der Waals surface area contributed by atoms with Crippen molar-refractivity contribution in [3.63, 3.8) is 0 Å². The molecule has 3 aromatic carbocycles. The number of halogens is 2. The third kappa shape index (κ3) is 8.31. The fourth-order valence-corrected chi connectivity index (χ4v) is 3.85. The third-order valence-corrected chi connectivity index (χ3v) is 5.79. The van der Waals surface area contributed by atoms with E-state index in [-0.39, 0.29) is 19.4 Å². The zero-order valence-corrected chi connectivity index (χ0v) is 20.3. The zero-order chi connectivity index (χ0) is 25.2. The molecule has 3 amide bonds. The molecule has 0 fully saturated rings. The second kappa shape index (κ2) is 12.8. The molecule has 0 heterocycles. The van der Waals surface area contributed by atoms with Gasteiger partial charge in [-0.1, -0.05) is 89.9 Å². The molecule has 4 N–H and O–H groups in total. The number of primary amides is 1. The molecule has 0 spiro atoms. The highest BCUT2D eigenvalue weighted by Gasteiger charge is 2.27. The zero-order valence-electron chi connectivity index (χ0n) is 18.7. The SMILES string of the molecule is NC(=O)[C@H](Cc1ccc(Cl)cc1Cl)NC(=O)[C@@H](Cc1ccccc1)NC(=O)OCc1ccccc1. The molecule has 0 aliphatic heterocycles. The molecule has 3 aromatic rings. The molecular weight excluding hydrogens is 489 g/mol. The van der Waals surface area contributed by atoms with Crippen LogP contribution in [0.5, 0.6) is 0 Å². The Balaban J connectivity index is 1.71. The number of nitrogens with one attached hydrogen (secondary N) is 2. The van der Waals surface area contributed by atoms with Crippen molar-refractivity contribution in [1.29, 1.82) is 0 Å². The van der Waals surface area contributed by atoms with Gasteiger partial charge in [-0.25, -0.2) is 4.79 Å². The molecule has 0 saturated heterocycles. The molecule has 0 aromatic heterocycles. The molecule has 7 nitrogen and oxygen atoms in total.